The van der Waals surface area contributed by atoms with Gasteiger partial charge in [0, 0.05) is 0 Å². The van der Waals surface area contributed by atoms with E-state index in [0.29, 0.717) is 0 Å². The highest BCUT2D eigenvalue weighted by molar-refractivity contribution is 5.92. The molecule has 1 aliphatic rings. The van der Waals surface area contributed by atoms with Gasteiger partial charge in [0.2, 0.25) is 0 Å². The van der Waals surface area contributed by atoms with Gasteiger partial charge >= 0.3 is 0 Å². The van der Waals surface area contributed by atoms with E-state index < -0.39 is 5.41 Å². The highest BCUT2D eigenvalue weighted by atomic mass is 16.5. The molecule has 0 spiro atoms. The van der Waals surface area contributed by atoms with Gasteiger partial charge in [0.15, 0.2) is 0 Å². The van der Waals surface area contributed by atoms with Gasteiger partial charge < -0.3 is 9.47 Å². The molecule has 0 aliphatic heterocycles. The van der Waals surface area contributed by atoms with Crippen molar-refractivity contribution in [3.8, 4) is 22.6 Å². The highest BCUT2D eigenvalue weighted by Crippen LogP contribution is 2.56. The molecule has 6 aromatic carbocycles. The summed E-state index contributed by atoms with van der Waals surface area (Å²) >= 11 is 0. The van der Waals surface area contributed by atoms with Crippen LogP contribution in [0.4, 0.5) is 0 Å². The lowest BCUT2D eigenvalue weighted by atomic mass is 9.67. The summed E-state index contributed by atoms with van der Waals surface area (Å²) < 4.78 is 11.0. The summed E-state index contributed by atoms with van der Waals surface area (Å²) in [6.45, 7) is 0. The number of benzene rings is 6. The van der Waals surface area contributed by atoms with Gasteiger partial charge in [0.25, 0.3) is 0 Å². The van der Waals surface area contributed by atoms with Crippen molar-refractivity contribution in [2.75, 3.05) is 14.2 Å². The Labute approximate surface area is 216 Å². The Hall–Kier alpha value is -4.56. The molecule has 0 unspecified atom stereocenters. The van der Waals surface area contributed by atoms with Crippen LogP contribution in [0.1, 0.15) is 22.3 Å². The highest BCUT2D eigenvalue weighted by Gasteiger charge is 2.46. The molecular weight excluding hydrogens is 452 g/mol. The molecule has 0 aromatic heterocycles. The summed E-state index contributed by atoms with van der Waals surface area (Å²) in [7, 11) is 3.43. The maximum atomic E-state index is 5.48. The van der Waals surface area contributed by atoms with Crippen molar-refractivity contribution in [1.29, 1.82) is 0 Å². The Morgan fingerprint density at radius 2 is 0.838 bits per heavy atom. The lowest BCUT2D eigenvalue weighted by Gasteiger charge is -2.34. The van der Waals surface area contributed by atoms with Crippen LogP contribution < -0.4 is 9.47 Å². The van der Waals surface area contributed by atoms with Crippen LogP contribution in [0.25, 0.3) is 32.7 Å². The van der Waals surface area contributed by atoms with Gasteiger partial charge in [0.05, 0.1) is 19.6 Å². The Morgan fingerprint density at radius 1 is 0.432 bits per heavy atom. The van der Waals surface area contributed by atoms with Crippen LogP contribution in [0.5, 0.6) is 11.5 Å². The molecule has 0 heterocycles. The van der Waals surface area contributed by atoms with Crippen molar-refractivity contribution in [3.05, 3.63) is 144 Å². The Balaban J connectivity index is 1.58. The normalized spacial score (nSPS) is 13.4. The van der Waals surface area contributed by atoms with Crippen LogP contribution in [0, 0.1) is 0 Å². The second kappa shape index (κ2) is 8.25. The van der Waals surface area contributed by atoms with E-state index in [0.717, 1.165) is 11.5 Å². The number of hydrogen-bond acceptors (Lipinski definition) is 2. The molecule has 0 saturated carbocycles. The van der Waals surface area contributed by atoms with Gasteiger partial charge in [-0.3, -0.25) is 0 Å². The molecule has 0 amide bonds. The Morgan fingerprint density at radius 3 is 1.30 bits per heavy atom. The molecule has 37 heavy (non-hydrogen) atoms. The van der Waals surface area contributed by atoms with E-state index in [1.165, 1.54) is 54.9 Å². The molecule has 2 nitrogen and oxygen atoms in total. The van der Waals surface area contributed by atoms with Crippen LogP contribution in [0.2, 0.25) is 0 Å². The molecule has 0 atom stereocenters. The molecular formula is C35H26O2. The standard InChI is InChI=1S/C35H26O2/c1-36-29-17-13-23-19-27(15-11-25(23)21-29)35(28-16-12-26-22-30(37-2)18-14-24(26)20-28)33-9-5-3-7-31(33)32-8-4-6-10-34(32)35/h3-22H,1-2H3. The zero-order valence-electron chi connectivity index (χ0n) is 20.9. The van der Waals surface area contributed by atoms with Gasteiger partial charge in [-0.15, -0.1) is 0 Å². The molecule has 0 bridgehead atoms. The van der Waals surface area contributed by atoms with E-state index in [9.17, 15) is 0 Å². The third kappa shape index (κ3) is 3.12. The maximum absolute atomic E-state index is 5.48. The topological polar surface area (TPSA) is 18.5 Å². The molecule has 178 valence electrons. The summed E-state index contributed by atoms with van der Waals surface area (Å²) in [6, 6.07) is 44.1. The zero-order chi connectivity index (χ0) is 25.0. The van der Waals surface area contributed by atoms with Crippen molar-refractivity contribution >= 4 is 21.5 Å². The fraction of sp³-hybridized carbons (Fsp3) is 0.0857. The first-order valence-electron chi connectivity index (χ1n) is 12.6. The van der Waals surface area contributed by atoms with Crippen LogP contribution in [-0.2, 0) is 5.41 Å². The van der Waals surface area contributed by atoms with E-state index >= 15 is 0 Å². The van der Waals surface area contributed by atoms with Crippen LogP contribution in [-0.4, -0.2) is 14.2 Å². The summed E-state index contributed by atoms with van der Waals surface area (Å²) in [5.74, 6) is 1.74. The average molecular weight is 479 g/mol. The fourth-order valence-corrected chi connectivity index (χ4v) is 6.19. The Kier molecular flexibility index (Phi) is 4.84. The van der Waals surface area contributed by atoms with E-state index in [1.807, 2.05) is 12.1 Å². The zero-order valence-corrected chi connectivity index (χ0v) is 20.9. The predicted octanol–water partition coefficient (Wildman–Crippen LogP) is 8.37. The van der Waals surface area contributed by atoms with E-state index in [4.69, 9.17) is 9.47 Å². The van der Waals surface area contributed by atoms with Gasteiger partial charge in [0.1, 0.15) is 11.5 Å². The molecule has 0 saturated heterocycles. The van der Waals surface area contributed by atoms with Gasteiger partial charge in [-0.05, 0) is 91.3 Å². The first-order valence-corrected chi connectivity index (χ1v) is 12.6. The first kappa shape index (κ1) is 21.7. The first-order chi connectivity index (χ1) is 18.2. The fourth-order valence-electron chi connectivity index (χ4n) is 6.19. The molecule has 1 aliphatic carbocycles. The quantitative estimate of drug-likeness (QED) is 0.253. The van der Waals surface area contributed by atoms with Crippen molar-refractivity contribution in [1.82, 2.24) is 0 Å². The van der Waals surface area contributed by atoms with Crippen molar-refractivity contribution < 1.29 is 9.47 Å². The molecule has 2 heteroatoms. The minimum absolute atomic E-state index is 0.435. The summed E-state index contributed by atoms with van der Waals surface area (Å²) in [5.41, 5.74) is 7.31. The minimum atomic E-state index is -0.435. The SMILES string of the molecule is COc1ccc2cc(C3(c4ccc5cc(OC)ccc5c4)c4ccccc4-c4ccccc43)ccc2c1. The second-order valence-electron chi connectivity index (χ2n) is 9.70. The number of methoxy groups -OCH3 is 2. The minimum Gasteiger partial charge on any atom is -0.497 e. The molecule has 7 rings (SSSR count). The van der Waals surface area contributed by atoms with Gasteiger partial charge in [-0.1, -0.05) is 84.9 Å². The van der Waals surface area contributed by atoms with Crippen LogP contribution in [0.3, 0.4) is 0 Å². The smallest absolute Gasteiger partial charge is 0.119 e. The number of ether oxygens (including phenoxy) is 2. The maximum Gasteiger partial charge on any atom is 0.119 e. The third-order valence-corrected chi connectivity index (χ3v) is 7.91. The van der Waals surface area contributed by atoms with Crippen molar-refractivity contribution in [2.45, 2.75) is 5.41 Å². The average Bonchev–Trinajstić information content (AvgIpc) is 3.27. The number of hydrogen-bond donors (Lipinski definition) is 0. The lowest BCUT2D eigenvalue weighted by Crippen LogP contribution is -2.28. The van der Waals surface area contributed by atoms with Gasteiger partial charge in [-0.25, -0.2) is 0 Å². The monoisotopic (exact) mass is 478 g/mol. The predicted molar refractivity (Wildman–Crippen MR) is 152 cm³/mol. The second-order valence-corrected chi connectivity index (χ2v) is 9.70. The van der Waals surface area contributed by atoms with E-state index in [1.54, 1.807) is 14.2 Å². The molecule has 6 aromatic rings. The van der Waals surface area contributed by atoms with Crippen LogP contribution >= 0.6 is 0 Å². The van der Waals surface area contributed by atoms with Crippen molar-refractivity contribution in [2.24, 2.45) is 0 Å². The van der Waals surface area contributed by atoms with Gasteiger partial charge in [-0.2, -0.15) is 0 Å². The largest absolute Gasteiger partial charge is 0.497 e. The molecule has 0 N–H and O–H groups in total. The lowest BCUT2D eigenvalue weighted by molar-refractivity contribution is 0.415. The third-order valence-electron chi connectivity index (χ3n) is 7.91. The molecule has 0 fully saturated rings. The summed E-state index contributed by atoms with van der Waals surface area (Å²) in [5, 5.41) is 4.74. The number of rotatable bonds is 4. The van der Waals surface area contributed by atoms with E-state index in [2.05, 4.69) is 109 Å². The summed E-state index contributed by atoms with van der Waals surface area (Å²) in [4.78, 5) is 0. The van der Waals surface area contributed by atoms with Crippen molar-refractivity contribution in [3.63, 3.8) is 0 Å². The molecule has 0 radical (unpaired) electrons. The Bertz CT molecular complexity index is 1680. The van der Waals surface area contributed by atoms with Crippen LogP contribution in [0.15, 0.2) is 121 Å². The van der Waals surface area contributed by atoms with E-state index in [-0.39, 0.29) is 0 Å². The summed E-state index contributed by atoms with van der Waals surface area (Å²) in [6.07, 6.45) is 0. The number of fused-ring (bicyclic) bond motifs is 5.